The molecule has 3 nitrogen and oxygen atoms in total. The molecule has 2 fully saturated rings. The predicted molar refractivity (Wildman–Crippen MR) is 64.5 cm³/mol. The van der Waals surface area contributed by atoms with Crippen molar-refractivity contribution in [3.05, 3.63) is 0 Å². The topological polar surface area (TPSA) is 32.7 Å². The third kappa shape index (κ3) is 2.27. The van der Waals surface area contributed by atoms with Gasteiger partial charge in [0, 0.05) is 13.1 Å². The van der Waals surface area contributed by atoms with Crippen molar-refractivity contribution < 1.29 is 9.84 Å². The Labute approximate surface area is 98.8 Å². The smallest absolute Gasteiger partial charge is 0.0920 e. The quantitative estimate of drug-likeness (QED) is 0.798. The third-order valence-corrected chi connectivity index (χ3v) is 4.36. The molecule has 0 aromatic carbocycles. The van der Waals surface area contributed by atoms with Gasteiger partial charge in [-0.05, 0) is 39.2 Å². The number of likely N-dealkylation sites (tertiary alicyclic amines) is 1. The Kier molecular flexibility index (Phi) is 3.57. The highest BCUT2D eigenvalue weighted by molar-refractivity contribution is 4.99. The fourth-order valence-corrected chi connectivity index (χ4v) is 3.22. The summed E-state index contributed by atoms with van der Waals surface area (Å²) in [6.45, 7) is 4.63. The van der Waals surface area contributed by atoms with Gasteiger partial charge in [-0.3, -0.25) is 0 Å². The Morgan fingerprint density at radius 2 is 1.88 bits per heavy atom. The summed E-state index contributed by atoms with van der Waals surface area (Å²) in [6, 6.07) is 0. The maximum Gasteiger partial charge on any atom is 0.0920 e. The second-order valence-corrected chi connectivity index (χ2v) is 5.68. The molecule has 2 heterocycles. The van der Waals surface area contributed by atoms with Gasteiger partial charge in [-0.2, -0.15) is 0 Å². The molecule has 0 amide bonds. The van der Waals surface area contributed by atoms with Gasteiger partial charge in [0.15, 0.2) is 0 Å². The van der Waals surface area contributed by atoms with E-state index in [4.69, 9.17) is 4.74 Å². The van der Waals surface area contributed by atoms with Crippen LogP contribution in [0.2, 0.25) is 0 Å². The fourth-order valence-electron chi connectivity index (χ4n) is 3.22. The van der Waals surface area contributed by atoms with Crippen LogP contribution in [0.15, 0.2) is 0 Å². The highest BCUT2D eigenvalue weighted by Gasteiger charge is 2.49. The lowest BCUT2D eigenvalue weighted by molar-refractivity contribution is -0.146. The van der Waals surface area contributed by atoms with E-state index < -0.39 is 0 Å². The first-order chi connectivity index (χ1) is 7.64. The van der Waals surface area contributed by atoms with Gasteiger partial charge in [-0.1, -0.05) is 13.3 Å². The molecule has 2 rings (SSSR count). The van der Waals surface area contributed by atoms with Gasteiger partial charge in [0.05, 0.1) is 17.8 Å². The molecule has 2 saturated heterocycles. The van der Waals surface area contributed by atoms with Crippen LogP contribution in [0.25, 0.3) is 0 Å². The fraction of sp³-hybridized carbons (Fsp3) is 1.00. The SMILES string of the molecule is CCCC1(CO)CCC2(CCN(C)CC2)O1. The van der Waals surface area contributed by atoms with Crippen molar-refractivity contribution in [1.29, 1.82) is 0 Å². The number of rotatable bonds is 3. The summed E-state index contributed by atoms with van der Waals surface area (Å²) in [5.74, 6) is 0. The van der Waals surface area contributed by atoms with Crippen LogP contribution < -0.4 is 0 Å². The second kappa shape index (κ2) is 4.63. The van der Waals surface area contributed by atoms with Crippen molar-refractivity contribution >= 4 is 0 Å². The molecule has 16 heavy (non-hydrogen) atoms. The number of hydrogen-bond acceptors (Lipinski definition) is 3. The van der Waals surface area contributed by atoms with E-state index in [2.05, 4.69) is 18.9 Å². The number of hydrogen-bond donors (Lipinski definition) is 1. The van der Waals surface area contributed by atoms with Crippen molar-refractivity contribution in [3.63, 3.8) is 0 Å². The van der Waals surface area contributed by atoms with Gasteiger partial charge in [-0.15, -0.1) is 0 Å². The van der Waals surface area contributed by atoms with Crippen LogP contribution >= 0.6 is 0 Å². The molecule has 0 aromatic rings. The van der Waals surface area contributed by atoms with Crippen LogP contribution in [0.5, 0.6) is 0 Å². The van der Waals surface area contributed by atoms with Crippen LogP contribution in [-0.2, 0) is 4.74 Å². The normalized spacial score (nSPS) is 34.7. The molecule has 0 bridgehead atoms. The lowest BCUT2D eigenvalue weighted by Gasteiger charge is -2.40. The molecule has 1 atom stereocenters. The molecule has 2 aliphatic rings. The molecule has 1 N–H and O–H groups in total. The Morgan fingerprint density at radius 3 is 2.44 bits per heavy atom. The summed E-state index contributed by atoms with van der Waals surface area (Å²) in [5.41, 5.74) is -0.130. The van der Waals surface area contributed by atoms with Crippen molar-refractivity contribution in [3.8, 4) is 0 Å². The van der Waals surface area contributed by atoms with E-state index in [1.54, 1.807) is 0 Å². The van der Waals surface area contributed by atoms with E-state index in [9.17, 15) is 5.11 Å². The van der Waals surface area contributed by atoms with E-state index in [0.29, 0.717) is 0 Å². The summed E-state index contributed by atoms with van der Waals surface area (Å²) in [6.07, 6.45) is 6.55. The number of aliphatic hydroxyl groups is 1. The van der Waals surface area contributed by atoms with Crippen LogP contribution in [0, 0.1) is 0 Å². The number of nitrogens with zero attached hydrogens (tertiary/aromatic N) is 1. The molecule has 1 spiro atoms. The minimum atomic E-state index is -0.218. The Morgan fingerprint density at radius 1 is 1.19 bits per heavy atom. The lowest BCUT2D eigenvalue weighted by Crippen LogP contribution is -2.45. The summed E-state index contributed by atoms with van der Waals surface area (Å²) in [4.78, 5) is 2.37. The van der Waals surface area contributed by atoms with E-state index in [1.165, 1.54) is 0 Å². The molecular formula is C13H25NO2. The molecule has 1 unspecified atom stereocenters. The molecular weight excluding hydrogens is 202 g/mol. The first kappa shape index (κ1) is 12.3. The summed E-state index contributed by atoms with van der Waals surface area (Å²) in [5, 5.41) is 9.58. The van der Waals surface area contributed by atoms with Gasteiger partial charge in [0.1, 0.15) is 0 Å². The Bertz CT molecular complexity index is 236. The molecule has 0 aromatic heterocycles. The van der Waals surface area contributed by atoms with Crippen LogP contribution in [0.3, 0.4) is 0 Å². The first-order valence-corrected chi connectivity index (χ1v) is 6.63. The molecule has 0 aliphatic carbocycles. The number of aliphatic hydroxyl groups excluding tert-OH is 1. The lowest BCUT2D eigenvalue weighted by atomic mass is 9.87. The third-order valence-electron chi connectivity index (χ3n) is 4.36. The van der Waals surface area contributed by atoms with Gasteiger partial charge in [0.2, 0.25) is 0 Å². The van der Waals surface area contributed by atoms with E-state index in [-0.39, 0.29) is 17.8 Å². The average Bonchev–Trinajstić information content (AvgIpc) is 2.64. The largest absolute Gasteiger partial charge is 0.393 e. The molecule has 3 heteroatoms. The van der Waals surface area contributed by atoms with Crippen molar-refractivity contribution in [1.82, 2.24) is 4.90 Å². The van der Waals surface area contributed by atoms with E-state index in [1.807, 2.05) is 0 Å². The average molecular weight is 227 g/mol. The molecule has 0 saturated carbocycles. The maximum absolute atomic E-state index is 9.58. The van der Waals surface area contributed by atoms with Crippen LogP contribution in [0.4, 0.5) is 0 Å². The zero-order valence-corrected chi connectivity index (χ0v) is 10.7. The number of ether oxygens (including phenoxy) is 1. The van der Waals surface area contributed by atoms with Gasteiger partial charge < -0.3 is 14.7 Å². The summed E-state index contributed by atoms with van der Waals surface area (Å²) in [7, 11) is 2.17. The zero-order chi connectivity index (χ0) is 11.6. The van der Waals surface area contributed by atoms with Gasteiger partial charge in [-0.25, -0.2) is 0 Å². The van der Waals surface area contributed by atoms with E-state index in [0.717, 1.165) is 51.6 Å². The minimum Gasteiger partial charge on any atom is -0.393 e. The van der Waals surface area contributed by atoms with Crippen LogP contribution in [0.1, 0.15) is 45.4 Å². The monoisotopic (exact) mass is 227 g/mol. The maximum atomic E-state index is 9.58. The standard InChI is InChI=1S/C13H25NO2/c1-3-4-13(11-15)6-5-12(16-13)7-9-14(2)10-8-12/h15H,3-11H2,1-2H3. The highest BCUT2D eigenvalue weighted by Crippen LogP contribution is 2.45. The molecule has 94 valence electrons. The van der Waals surface area contributed by atoms with Crippen LogP contribution in [-0.4, -0.2) is 48.0 Å². The summed E-state index contributed by atoms with van der Waals surface area (Å²) >= 11 is 0. The Hall–Kier alpha value is -0.120. The summed E-state index contributed by atoms with van der Waals surface area (Å²) < 4.78 is 6.34. The van der Waals surface area contributed by atoms with E-state index >= 15 is 0 Å². The number of piperidine rings is 1. The molecule has 2 aliphatic heterocycles. The van der Waals surface area contributed by atoms with Crippen molar-refractivity contribution in [2.45, 2.75) is 56.7 Å². The minimum absolute atomic E-state index is 0.0877. The molecule has 0 radical (unpaired) electrons. The Balaban J connectivity index is 2.00. The first-order valence-electron chi connectivity index (χ1n) is 6.63. The van der Waals surface area contributed by atoms with Gasteiger partial charge >= 0.3 is 0 Å². The van der Waals surface area contributed by atoms with Gasteiger partial charge in [0.25, 0.3) is 0 Å². The van der Waals surface area contributed by atoms with Crippen molar-refractivity contribution in [2.24, 2.45) is 0 Å². The van der Waals surface area contributed by atoms with Crippen molar-refractivity contribution in [2.75, 3.05) is 26.7 Å². The predicted octanol–water partition coefficient (Wildman–Crippen LogP) is 1.79. The second-order valence-electron chi connectivity index (χ2n) is 5.68. The highest BCUT2D eigenvalue weighted by atomic mass is 16.5. The zero-order valence-electron chi connectivity index (χ0n) is 10.7.